The third kappa shape index (κ3) is 3.38. The molecule has 8 heteroatoms. The van der Waals surface area contributed by atoms with Crippen molar-refractivity contribution < 1.29 is 23.1 Å². The van der Waals surface area contributed by atoms with Crippen LogP contribution in [0.4, 0.5) is 18.9 Å². The van der Waals surface area contributed by atoms with Crippen LogP contribution in [0.5, 0.6) is 0 Å². The van der Waals surface area contributed by atoms with Gasteiger partial charge in [0.25, 0.3) is 0 Å². The van der Waals surface area contributed by atoms with Crippen LogP contribution >= 0.6 is 0 Å². The van der Waals surface area contributed by atoms with Crippen molar-refractivity contribution in [2.75, 3.05) is 18.1 Å². The van der Waals surface area contributed by atoms with Crippen molar-refractivity contribution in [1.82, 2.24) is 9.88 Å². The van der Waals surface area contributed by atoms with Gasteiger partial charge in [-0.3, -0.25) is 14.7 Å². The van der Waals surface area contributed by atoms with Crippen LogP contribution in [0.2, 0.25) is 0 Å². The Hall–Kier alpha value is -2.45. The largest absolute Gasteiger partial charge is 0.397 e. The third-order valence-corrected chi connectivity index (χ3v) is 5.57. The van der Waals surface area contributed by atoms with Crippen LogP contribution in [0.3, 0.4) is 0 Å². The van der Waals surface area contributed by atoms with Crippen molar-refractivity contribution in [3.8, 4) is 0 Å². The highest BCUT2D eigenvalue weighted by atomic mass is 19.4. The number of alkyl halides is 3. The Morgan fingerprint density at radius 2 is 2.00 bits per heavy atom. The standard InChI is InChI=1S/C20H20F3N3O2/c21-20(22,23)8-18(28)26-11-16-19(14-5-1-2-6-15(14)26)17(12-27)25(16)10-13-4-3-7-24-9-13/h1-7,9,16-17,19,27H,8,10-12H2/t16-,17-,19+/m0/s1. The molecule has 2 aromatic rings. The SMILES string of the molecule is O=C(CC(F)(F)F)N1C[C@H]2[C@@H](c3ccccc31)[C@H](CO)N2Cc1cccnc1. The number of likely N-dealkylation sites (tertiary alicyclic amines) is 1. The number of amides is 1. The number of aliphatic hydroxyl groups is 1. The molecule has 28 heavy (non-hydrogen) atoms. The molecule has 0 unspecified atom stereocenters. The number of benzene rings is 1. The molecule has 3 atom stereocenters. The lowest BCUT2D eigenvalue weighted by Gasteiger charge is -2.59. The first-order chi connectivity index (χ1) is 13.4. The first-order valence-corrected chi connectivity index (χ1v) is 9.10. The van der Waals surface area contributed by atoms with Crippen LogP contribution in [-0.4, -0.2) is 52.3 Å². The summed E-state index contributed by atoms with van der Waals surface area (Å²) in [5.41, 5.74) is 2.28. The summed E-state index contributed by atoms with van der Waals surface area (Å²) in [4.78, 5) is 19.8. The number of para-hydroxylation sites is 1. The van der Waals surface area contributed by atoms with E-state index in [0.717, 1.165) is 11.1 Å². The maximum atomic E-state index is 12.8. The second kappa shape index (κ2) is 7.18. The topological polar surface area (TPSA) is 56.7 Å². The summed E-state index contributed by atoms with van der Waals surface area (Å²) in [6.45, 7) is 0.628. The van der Waals surface area contributed by atoms with Crippen molar-refractivity contribution in [1.29, 1.82) is 0 Å². The molecule has 1 saturated heterocycles. The third-order valence-electron chi connectivity index (χ3n) is 5.57. The molecule has 2 aliphatic heterocycles. The molecule has 1 amide bonds. The van der Waals surface area contributed by atoms with Gasteiger partial charge in [0.15, 0.2) is 0 Å². The second-order valence-electron chi connectivity index (χ2n) is 7.23. The fraction of sp³-hybridized carbons (Fsp3) is 0.400. The summed E-state index contributed by atoms with van der Waals surface area (Å²) >= 11 is 0. The Bertz CT molecular complexity index is 859. The van der Waals surface area contributed by atoms with Crippen molar-refractivity contribution in [2.45, 2.75) is 37.1 Å². The number of fused-ring (bicyclic) bond motifs is 3. The van der Waals surface area contributed by atoms with Crippen molar-refractivity contribution in [3.63, 3.8) is 0 Å². The normalized spacial score (nSPS) is 24.3. The smallest absolute Gasteiger partial charge is 0.395 e. The Morgan fingerprint density at radius 3 is 2.68 bits per heavy atom. The van der Waals surface area contributed by atoms with Gasteiger partial charge in [-0.1, -0.05) is 24.3 Å². The molecule has 2 aliphatic rings. The van der Waals surface area contributed by atoms with Gasteiger partial charge >= 0.3 is 6.18 Å². The molecule has 4 rings (SSSR count). The average molecular weight is 391 g/mol. The van der Waals surface area contributed by atoms with E-state index >= 15 is 0 Å². The van der Waals surface area contributed by atoms with E-state index in [9.17, 15) is 23.1 Å². The van der Waals surface area contributed by atoms with Crippen molar-refractivity contribution >= 4 is 11.6 Å². The van der Waals surface area contributed by atoms with Crippen molar-refractivity contribution in [3.05, 3.63) is 59.9 Å². The van der Waals surface area contributed by atoms with Crippen LogP contribution in [0.25, 0.3) is 0 Å². The van der Waals surface area contributed by atoms with Gasteiger partial charge in [0, 0.05) is 49.2 Å². The van der Waals surface area contributed by atoms with E-state index in [1.165, 1.54) is 4.90 Å². The molecule has 1 N–H and O–H groups in total. The average Bonchev–Trinajstić information content (AvgIpc) is 2.65. The summed E-state index contributed by atoms with van der Waals surface area (Å²) in [5, 5.41) is 9.94. The highest BCUT2D eigenvalue weighted by molar-refractivity contribution is 5.95. The number of nitrogens with zero attached hydrogens (tertiary/aromatic N) is 3. The molecule has 0 radical (unpaired) electrons. The van der Waals surface area contributed by atoms with Crippen LogP contribution < -0.4 is 4.90 Å². The summed E-state index contributed by atoms with van der Waals surface area (Å²) in [7, 11) is 0. The van der Waals surface area contributed by atoms with E-state index in [2.05, 4.69) is 4.98 Å². The minimum Gasteiger partial charge on any atom is -0.395 e. The van der Waals surface area contributed by atoms with Gasteiger partial charge in [-0.05, 0) is 23.3 Å². The molecule has 1 fully saturated rings. The summed E-state index contributed by atoms with van der Waals surface area (Å²) in [5.74, 6) is -0.972. The Labute approximate surface area is 160 Å². The highest BCUT2D eigenvalue weighted by Crippen LogP contribution is 2.48. The minimum atomic E-state index is -4.55. The Kier molecular flexibility index (Phi) is 4.84. The van der Waals surface area contributed by atoms with Crippen LogP contribution in [0.1, 0.15) is 23.5 Å². The molecule has 3 heterocycles. The van der Waals surface area contributed by atoms with E-state index in [4.69, 9.17) is 0 Å². The highest BCUT2D eigenvalue weighted by Gasteiger charge is 2.53. The second-order valence-corrected chi connectivity index (χ2v) is 7.23. The quantitative estimate of drug-likeness (QED) is 0.871. The maximum absolute atomic E-state index is 12.8. The predicted octanol–water partition coefficient (Wildman–Crippen LogP) is 2.71. The number of aromatic nitrogens is 1. The van der Waals surface area contributed by atoms with E-state index in [1.807, 2.05) is 29.2 Å². The van der Waals surface area contributed by atoms with E-state index in [-0.39, 0.29) is 31.2 Å². The Morgan fingerprint density at radius 1 is 1.21 bits per heavy atom. The van der Waals surface area contributed by atoms with Gasteiger partial charge < -0.3 is 10.0 Å². The number of aliphatic hydroxyl groups excluding tert-OH is 1. The number of rotatable bonds is 4. The summed E-state index contributed by atoms with van der Waals surface area (Å²) in [6, 6.07) is 10.5. The summed E-state index contributed by atoms with van der Waals surface area (Å²) in [6.07, 6.45) is -2.64. The monoisotopic (exact) mass is 391 g/mol. The number of hydrogen-bond acceptors (Lipinski definition) is 4. The minimum absolute atomic E-state index is 0.0205. The van der Waals surface area contributed by atoms with Crippen LogP contribution in [-0.2, 0) is 11.3 Å². The number of carbonyl (C=O) groups is 1. The fourth-order valence-corrected chi connectivity index (χ4v) is 4.41. The first kappa shape index (κ1) is 18.9. The lowest BCUT2D eigenvalue weighted by atomic mass is 9.71. The van der Waals surface area contributed by atoms with Crippen LogP contribution in [0.15, 0.2) is 48.8 Å². The Balaban J connectivity index is 1.64. The fourth-order valence-electron chi connectivity index (χ4n) is 4.41. The lowest BCUT2D eigenvalue weighted by molar-refractivity contribution is -0.152. The number of anilines is 1. The molecular formula is C20H20F3N3O2. The molecular weight excluding hydrogens is 371 g/mol. The molecule has 5 nitrogen and oxygen atoms in total. The zero-order valence-electron chi connectivity index (χ0n) is 15.0. The van der Waals surface area contributed by atoms with Gasteiger partial charge in [0.1, 0.15) is 6.42 Å². The van der Waals surface area contributed by atoms with Crippen molar-refractivity contribution in [2.24, 2.45) is 0 Å². The van der Waals surface area contributed by atoms with E-state index < -0.39 is 18.5 Å². The first-order valence-electron chi connectivity index (χ1n) is 9.10. The van der Waals surface area contributed by atoms with Gasteiger partial charge in [-0.25, -0.2) is 0 Å². The predicted molar refractivity (Wildman–Crippen MR) is 96.6 cm³/mol. The number of hydrogen-bond donors (Lipinski definition) is 1. The van der Waals surface area contributed by atoms with E-state index in [0.29, 0.717) is 12.2 Å². The number of halogens is 3. The van der Waals surface area contributed by atoms with Gasteiger partial charge in [-0.15, -0.1) is 0 Å². The molecule has 0 aliphatic carbocycles. The van der Waals surface area contributed by atoms with Gasteiger partial charge in [0.05, 0.1) is 6.61 Å². The van der Waals surface area contributed by atoms with E-state index in [1.54, 1.807) is 24.5 Å². The van der Waals surface area contributed by atoms with Gasteiger partial charge in [0.2, 0.25) is 5.91 Å². The molecule has 1 aromatic carbocycles. The zero-order valence-corrected chi connectivity index (χ0v) is 15.0. The lowest BCUT2D eigenvalue weighted by Crippen LogP contribution is -2.68. The molecule has 1 aromatic heterocycles. The molecule has 0 spiro atoms. The molecule has 148 valence electrons. The summed E-state index contributed by atoms with van der Waals surface area (Å²) < 4.78 is 38.4. The molecule has 0 bridgehead atoms. The maximum Gasteiger partial charge on any atom is 0.397 e. The number of carbonyl (C=O) groups excluding carboxylic acids is 1. The van der Waals surface area contributed by atoms with Gasteiger partial charge in [-0.2, -0.15) is 13.2 Å². The van der Waals surface area contributed by atoms with Crippen LogP contribution in [0, 0.1) is 0 Å². The number of pyridine rings is 1. The molecule has 0 saturated carbocycles. The zero-order chi connectivity index (χ0) is 19.9.